The van der Waals surface area contributed by atoms with Gasteiger partial charge in [0.2, 0.25) is 0 Å². The quantitative estimate of drug-likeness (QED) is 0.768. The van der Waals surface area contributed by atoms with Crippen molar-refractivity contribution >= 4 is 0 Å². The first kappa shape index (κ1) is 14.9. The highest BCUT2D eigenvalue weighted by atomic mass is 16.5. The van der Waals surface area contributed by atoms with E-state index in [0.29, 0.717) is 11.6 Å². The van der Waals surface area contributed by atoms with E-state index in [1.165, 1.54) is 32.2 Å². The van der Waals surface area contributed by atoms with E-state index in [-0.39, 0.29) is 0 Å². The number of nitrogens with zero attached hydrogens (tertiary/aromatic N) is 2. The lowest BCUT2D eigenvalue weighted by Crippen LogP contribution is -2.34. The van der Waals surface area contributed by atoms with E-state index in [4.69, 9.17) is 10.00 Å². The minimum Gasteiger partial charge on any atom is -0.494 e. The summed E-state index contributed by atoms with van der Waals surface area (Å²) in [5, 5.41) is 8.85. The van der Waals surface area contributed by atoms with E-state index in [0.717, 1.165) is 25.3 Å². The van der Waals surface area contributed by atoms with Crippen LogP contribution in [0.15, 0.2) is 24.3 Å². The molecule has 0 spiro atoms. The van der Waals surface area contributed by atoms with Crippen molar-refractivity contribution in [3.8, 4) is 11.8 Å². The second-order valence-electron chi connectivity index (χ2n) is 5.58. The summed E-state index contributed by atoms with van der Waals surface area (Å²) < 4.78 is 5.73. The highest BCUT2D eigenvalue weighted by Crippen LogP contribution is 2.17. The summed E-state index contributed by atoms with van der Waals surface area (Å²) in [4.78, 5) is 2.59. The molecule has 1 saturated heterocycles. The van der Waals surface area contributed by atoms with Crippen molar-refractivity contribution in [2.24, 2.45) is 0 Å². The van der Waals surface area contributed by atoms with Crippen LogP contribution in [-0.4, -0.2) is 30.6 Å². The van der Waals surface area contributed by atoms with Gasteiger partial charge < -0.3 is 9.64 Å². The maximum absolute atomic E-state index is 8.85. The molecular weight excluding hydrogens is 248 g/mol. The second-order valence-corrected chi connectivity index (χ2v) is 5.58. The highest BCUT2D eigenvalue weighted by Gasteiger charge is 2.15. The smallest absolute Gasteiger partial charge is 0.120 e. The van der Waals surface area contributed by atoms with Gasteiger partial charge in [0.1, 0.15) is 5.75 Å². The zero-order valence-corrected chi connectivity index (χ0v) is 12.3. The van der Waals surface area contributed by atoms with Gasteiger partial charge in [0.25, 0.3) is 0 Å². The Hall–Kier alpha value is -1.53. The third-order valence-corrected chi connectivity index (χ3v) is 4.01. The van der Waals surface area contributed by atoms with Gasteiger partial charge in [0, 0.05) is 12.6 Å². The molecule has 3 heteroatoms. The summed E-state index contributed by atoms with van der Waals surface area (Å²) >= 11 is 0. The van der Waals surface area contributed by atoms with Gasteiger partial charge in [0.15, 0.2) is 0 Å². The van der Waals surface area contributed by atoms with Gasteiger partial charge in [-0.1, -0.05) is 18.9 Å². The van der Waals surface area contributed by atoms with Crippen molar-refractivity contribution in [1.29, 1.82) is 5.26 Å². The molecular formula is C17H24N2O. The number of likely N-dealkylation sites (tertiary alicyclic amines) is 1. The Labute approximate surface area is 122 Å². The van der Waals surface area contributed by atoms with Gasteiger partial charge in [-0.3, -0.25) is 0 Å². The summed E-state index contributed by atoms with van der Waals surface area (Å²) in [6, 6.07) is 10.2. The van der Waals surface area contributed by atoms with Crippen LogP contribution < -0.4 is 4.74 Å². The highest BCUT2D eigenvalue weighted by molar-refractivity contribution is 5.36. The van der Waals surface area contributed by atoms with E-state index in [1.54, 1.807) is 12.1 Å². The number of hydrogen-bond donors (Lipinski definition) is 0. The van der Waals surface area contributed by atoms with Crippen LogP contribution in [-0.2, 0) is 0 Å². The van der Waals surface area contributed by atoms with Gasteiger partial charge in [-0.15, -0.1) is 0 Å². The van der Waals surface area contributed by atoms with E-state index < -0.39 is 0 Å². The molecule has 1 aromatic rings. The minimum absolute atomic E-state index is 0.656. The Morgan fingerprint density at radius 2 is 2.25 bits per heavy atom. The standard InChI is InChI=1S/C17H24N2O/c1-15-7-3-2-4-10-19(15)11-6-12-20-17-9-5-8-16(13-17)14-18/h5,8-9,13,15H,2-4,6-7,10-12H2,1H3. The average molecular weight is 272 g/mol. The fourth-order valence-corrected chi connectivity index (χ4v) is 2.78. The van der Waals surface area contributed by atoms with Gasteiger partial charge in [0.05, 0.1) is 18.2 Å². The Morgan fingerprint density at radius 1 is 1.35 bits per heavy atom. The molecule has 1 heterocycles. The average Bonchev–Trinajstić information content (AvgIpc) is 2.69. The van der Waals surface area contributed by atoms with Crippen LogP contribution in [0, 0.1) is 11.3 Å². The van der Waals surface area contributed by atoms with Crippen LogP contribution in [0.5, 0.6) is 5.75 Å². The molecule has 1 aromatic carbocycles. The third-order valence-electron chi connectivity index (χ3n) is 4.01. The molecule has 2 rings (SSSR count). The summed E-state index contributed by atoms with van der Waals surface area (Å²) in [5.41, 5.74) is 0.656. The predicted molar refractivity (Wildman–Crippen MR) is 80.8 cm³/mol. The first-order valence-corrected chi connectivity index (χ1v) is 7.66. The minimum atomic E-state index is 0.656. The Kier molecular flexibility index (Phi) is 5.88. The largest absolute Gasteiger partial charge is 0.494 e. The molecule has 0 aromatic heterocycles. The molecule has 0 amide bonds. The second kappa shape index (κ2) is 7.91. The molecule has 0 saturated carbocycles. The molecule has 1 aliphatic rings. The zero-order valence-electron chi connectivity index (χ0n) is 12.3. The lowest BCUT2D eigenvalue weighted by Gasteiger charge is -2.26. The molecule has 0 aliphatic carbocycles. The van der Waals surface area contributed by atoms with Crippen LogP contribution >= 0.6 is 0 Å². The zero-order chi connectivity index (χ0) is 14.2. The van der Waals surface area contributed by atoms with Crippen molar-refractivity contribution in [2.45, 2.75) is 45.1 Å². The van der Waals surface area contributed by atoms with Gasteiger partial charge in [-0.25, -0.2) is 0 Å². The lowest BCUT2D eigenvalue weighted by atomic mass is 10.1. The first-order chi connectivity index (χ1) is 9.79. The van der Waals surface area contributed by atoms with Crippen LogP contribution in [0.4, 0.5) is 0 Å². The maximum atomic E-state index is 8.85. The Balaban J connectivity index is 1.71. The Morgan fingerprint density at radius 3 is 3.10 bits per heavy atom. The molecule has 1 unspecified atom stereocenters. The molecule has 1 atom stereocenters. The normalized spacial score (nSPS) is 20.1. The third kappa shape index (κ3) is 4.54. The number of benzene rings is 1. The summed E-state index contributed by atoms with van der Waals surface area (Å²) in [7, 11) is 0. The molecule has 1 aliphatic heterocycles. The van der Waals surface area contributed by atoms with Gasteiger partial charge in [-0.2, -0.15) is 5.26 Å². The number of ether oxygens (including phenoxy) is 1. The van der Waals surface area contributed by atoms with Crippen molar-refractivity contribution in [2.75, 3.05) is 19.7 Å². The number of rotatable bonds is 5. The summed E-state index contributed by atoms with van der Waals surface area (Å²) in [6.45, 7) is 5.39. The van der Waals surface area contributed by atoms with Crippen LogP contribution in [0.1, 0.15) is 44.6 Å². The maximum Gasteiger partial charge on any atom is 0.120 e. The van der Waals surface area contributed by atoms with E-state index in [2.05, 4.69) is 17.9 Å². The summed E-state index contributed by atoms with van der Waals surface area (Å²) in [6.07, 6.45) is 6.44. The monoisotopic (exact) mass is 272 g/mol. The molecule has 0 bridgehead atoms. The molecule has 20 heavy (non-hydrogen) atoms. The van der Waals surface area contributed by atoms with E-state index in [1.807, 2.05) is 12.1 Å². The first-order valence-electron chi connectivity index (χ1n) is 7.66. The van der Waals surface area contributed by atoms with Crippen molar-refractivity contribution in [3.63, 3.8) is 0 Å². The van der Waals surface area contributed by atoms with Crippen LogP contribution in [0.3, 0.4) is 0 Å². The van der Waals surface area contributed by atoms with E-state index >= 15 is 0 Å². The van der Waals surface area contributed by atoms with Crippen LogP contribution in [0.2, 0.25) is 0 Å². The van der Waals surface area contributed by atoms with Gasteiger partial charge in [-0.05, 0) is 50.9 Å². The predicted octanol–water partition coefficient (Wildman–Crippen LogP) is 3.59. The fraction of sp³-hybridized carbons (Fsp3) is 0.588. The molecule has 108 valence electrons. The van der Waals surface area contributed by atoms with Crippen LogP contribution in [0.25, 0.3) is 0 Å². The van der Waals surface area contributed by atoms with Gasteiger partial charge >= 0.3 is 0 Å². The SMILES string of the molecule is CC1CCCCCN1CCCOc1cccc(C#N)c1. The number of hydrogen-bond acceptors (Lipinski definition) is 3. The lowest BCUT2D eigenvalue weighted by molar-refractivity contribution is 0.192. The van der Waals surface area contributed by atoms with Crippen molar-refractivity contribution in [1.82, 2.24) is 4.90 Å². The van der Waals surface area contributed by atoms with Crippen molar-refractivity contribution in [3.05, 3.63) is 29.8 Å². The molecule has 1 fully saturated rings. The molecule has 3 nitrogen and oxygen atoms in total. The Bertz CT molecular complexity index is 453. The molecule has 0 N–H and O–H groups in total. The van der Waals surface area contributed by atoms with E-state index in [9.17, 15) is 0 Å². The van der Waals surface area contributed by atoms with Crippen molar-refractivity contribution < 1.29 is 4.74 Å². The number of nitriles is 1. The molecule has 0 radical (unpaired) electrons. The fourth-order valence-electron chi connectivity index (χ4n) is 2.78. The topological polar surface area (TPSA) is 36.3 Å². The summed E-state index contributed by atoms with van der Waals surface area (Å²) in [5.74, 6) is 0.799.